The Labute approximate surface area is 177 Å². The van der Waals surface area contributed by atoms with E-state index in [0.717, 1.165) is 44.5 Å². The molecule has 0 atom stereocenters. The van der Waals surface area contributed by atoms with E-state index < -0.39 is 0 Å². The van der Waals surface area contributed by atoms with Crippen molar-refractivity contribution in [2.24, 2.45) is 0 Å². The predicted molar refractivity (Wildman–Crippen MR) is 122 cm³/mol. The Bertz CT molecular complexity index is 1310. The van der Waals surface area contributed by atoms with E-state index in [1.54, 1.807) is 14.2 Å². The summed E-state index contributed by atoms with van der Waals surface area (Å²) in [6.45, 7) is 0. The number of hydrogen-bond donors (Lipinski definition) is 0. The lowest BCUT2D eigenvalue weighted by atomic mass is 10.0. The van der Waals surface area contributed by atoms with Crippen LogP contribution in [-0.4, -0.2) is 14.2 Å². The monoisotopic (exact) mass is 388 g/mol. The van der Waals surface area contributed by atoms with Gasteiger partial charge in [0.1, 0.15) is 11.5 Å². The highest BCUT2D eigenvalue weighted by molar-refractivity contribution is 5.85. The van der Waals surface area contributed by atoms with Gasteiger partial charge in [-0.15, -0.1) is 0 Å². The maximum absolute atomic E-state index is 5.25. The highest BCUT2D eigenvalue weighted by atomic mass is 16.5. The number of hydrogen-bond acceptors (Lipinski definition) is 2. The van der Waals surface area contributed by atoms with E-state index in [2.05, 4.69) is 47.9 Å². The van der Waals surface area contributed by atoms with Crippen molar-refractivity contribution in [2.45, 2.75) is 0 Å². The quantitative estimate of drug-likeness (QED) is 0.413. The molecule has 0 aromatic heterocycles. The minimum atomic E-state index is 0.809. The van der Waals surface area contributed by atoms with Crippen molar-refractivity contribution < 1.29 is 9.47 Å². The van der Waals surface area contributed by atoms with E-state index in [4.69, 9.17) is 9.47 Å². The van der Waals surface area contributed by atoms with Crippen molar-refractivity contribution in [3.8, 4) is 35.2 Å². The zero-order valence-electron chi connectivity index (χ0n) is 16.9. The van der Waals surface area contributed by atoms with Crippen LogP contribution in [0.25, 0.3) is 10.8 Å². The summed E-state index contributed by atoms with van der Waals surface area (Å²) in [5.41, 5.74) is 3.84. The first kappa shape index (κ1) is 19.2. The van der Waals surface area contributed by atoms with Crippen LogP contribution < -0.4 is 9.47 Å². The van der Waals surface area contributed by atoms with E-state index in [9.17, 15) is 0 Å². The summed E-state index contributed by atoms with van der Waals surface area (Å²) in [5.74, 6) is 14.5. The summed E-state index contributed by atoms with van der Waals surface area (Å²) >= 11 is 0. The Morgan fingerprint density at radius 2 is 0.967 bits per heavy atom. The van der Waals surface area contributed by atoms with Gasteiger partial charge in [0.15, 0.2) is 0 Å². The summed E-state index contributed by atoms with van der Waals surface area (Å²) in [7, 11) is 3.32. The van der Waals surface area contributed by atoms with Gasteiger partial charge >= 0.3 is 0 Å². The molecule has 0 radical (unpaired) electrons. The molecule has 0 aliphatic heterocycles. The second-order valence-corrected chi connectivity index (χ2v) is 6.74. The van der Waals surface area contributed by atoms with Gasteiger partial charge in [-0.2, -0.15) is 0 Å². The summed E-state index contributed by atoms with van der Waals surface area (Å²) in [6.07, 6.45) is 0. The van der Waals surface area contributed by atoms with Crippen LogP contribution in [0.15, 0.2) is 84.9 Å². The molecule has 0 spiro atoms. The van der Waals surface area contributed by atoms with E-state index in [0.29, 0.717) is 0 Å². The molecule has 0 N–H and O–H groups in total. The van der Waals surface area contributed by atoms with Crippen molar-refractivity contribution in [3.63, 3.8) is 0 Å². The van der Waals surface area contributed by atoms with E-state index in [-0.39, 0.29) is 0 Å². The molecule has 30 heavy (non-hydrogen) atoms. The molecule has 0 aliphatic rings. The summed E-state index contributed by atoms with van der Waals surface area (Å²) in [5, 5.41) is 2.28. The SMILES string of the molecule is COc1ccc(C#Cc2ccc3cc(C#Cc4cccc(OC)c4)ccc3c2)cc1. The third-order valence-electron chi connectivity index (χ3n) is 4.70. The number of ether oxygens (including phenoxy) is 2. The summed E-state index contributed by atoms with van der Waals surface area (Å²) in [4.78, 5) is 0. The Hall–Kier alpha value is -4.14. The predicted octanol–water partition coefficient (Wildman–Crippen LogP) is 5.66. The minimum Gasteiger partial charge on any atom is -0.497 e. The topological polar surface area (TPSA) is 18.5 Å². The molecule has 2 heteroatoms. The lowest BCUT2D eigenvalue weighted by Crippen LogP contribution is -1.83. The molecular formula is C28H20O2. The molecule has 2 nitrogen and oxygen atoms in total. The van der Waals surface area contributed by atoms with Gasteiger partial charge in [-0.25, -0.2) is 0 Å². The number of benzene rings is 4. The molecule has 0 amide bonds. The standard InChI is InChI=1S/C28H20O2/c1-29-27-16-12-21(13-17-27)6-7-23-10-14-26-19-24(11-15-25(26)18-23)9-8-22-4-3-5-28(20-22)30-2/h3-5,10-20H,1-2H3. The van der Waals surface area contributed by atoms with Gasteiger partial charge in [-0.05, 0) is 77.5 Å². The fraction of sp³-hybridized carbons (Fsp3) is 0.0714. The van der Waals surface area contributed by atoms with Crippen LogP contribution in [0.4, 0.5) is 0 Å². The van der Waals surface area contributed by atoms with E-state index in [1.807, 2.05) is 60.7 Å². The van der Waals surface area contributed by atoms with Crippen molar-refractivity contribution in [2.75, 3.05) is 14.2 Å². The Morgan fingerprint density at radius 1 is 0.467 bits per heavy atom. The molecule has 0 fully saturated rings. The molecule has 0 bridgehead atoms. The van der Waals surface area contributed by atoms with Crippen molar-refractivity contribution in [1.82, 2.24) is 0 Å². The maximum Gasteiger partial charge on any atom is 0.120 e. The number of fused-ring (bicyclic) bond motifs is 1. The van der Waals surface area contributed by atoms with Gasteiger partial charge < -0.3 is 9.47 Å². The van der Waals surface area contributed by atoms with Gasteiger partial charge in [0, 0.05) is 22.3 Å². The maximum atomic E-state index is 5.25. The normalized spacial score (nSPS) is 9.80. The van der Waals surface area contributed by atoms with E-state index in [1.165, 1.54) is 0 Å². The lowest BCUT2D eigenvalue weighted by molar-refractivity contribution is 0.414. The van der Waals surface area contributed by atoms with Crippen LogP contribution in [-0.2, 0) is 0 Å². The van der Waals surface area contributed by atoms with Gasteiger partial charge in [0.25, 0.3) is 0 Å². The first-order valence-corrected chi connectivity index (χ1v) is 9.59. The minimum absolute atomic E-state index is 0.809. The fourth-order valence-corrected chi connectivity index (χ4v) is 3.07. The first-order chi connectivity index (χ1) is 14.7. The zero-order chi connectivity index (χ0) is 20.8. The average molecular weight is 388 g/mol. The van der Waals surface area contributed by atoms with Crippen LogP contribution in [0.3, 0.4) is 0 Å². The highest BCUT2D eigenvalue weighted by Crippen LogP contribution is 2.18. The molecular weight excluding hydrogens is 368 g/mol. The molecule has 4 aromatic carbocycles. The number of methoxy groups -OCH3 is 2. The first-order valence-electron chi connectivity index (χ1n) is 9.59. The van der Waals surface area contributed by atoms with Crippen LogP contribution in [0.1, 0.15) is 22.3 Å². The van der Waals surface area contributed by atoms with Crippen LogP contribution in [0.5, 0.6) is 11.5 Å². The Kier molecular flexibility index (Phi) is 5.70. The van der Waals surface area contributed by atoms with Crippen LogP contribution in [0, 0.1) is 23.7 Å². The van der Waals surface area contributed by atoms with Gasteiger partial charge in [0.2, 0.25) is 0 Å². The molecule has 0 saturated carbocycles. The van der Waals surface area contributed by atoms with Gasteiger partial charge in [-0.1, -0.05) is 41.9 Å². The molecule has 0 heterocycles. The highest BCUT2D eigenvalue weighted by Gasteiger charge is 1.97. The lowest BCUT2D eigenvalue weighted by Gasteiger charge is -2.01. The van der Waals surface area contributed by atoms with Crippen LogP contribution >= 0.6 is 0 Å². The fourth-order valence-electron chi connectivity index (χ4n) is 3.07. The summed E-state index contributed by atoms with van der Waals surface area (Å²) < 4.78 is 10.4. The van der Waals surface area contributed by atoms with Crippen molar-refractivity contribution in [1.29, 1.82) is 0 Å². The Balaban J connectivity index is 1.55. The molecule has 0 unspecified atom stereocenters. The molecule has 4 rings (SSSR count). The van der Waals surface area contributed by atoms with Crippen molar-refractivity contribution in [3.05, 3.63) is 107 Å². The van der Waals surface area contributed by atoms with Crippen molar-refractivity contribution >= 4 is 10.8 Å². The second-order valence-electron chi connectivity index (χ2n) is 6.74. The summed E-state index contributed by atoms with van der Waals surface area (Å²) in [6, 6.07) is 28.0. The number of rotatable bonds is 2. The average Bonchev–Trinajstić information content (AvgIpc) is 2.81. The zero-order valence-corrected chi connectivity index (χ0v) is 16.9. The van der Waals surface area contributed by atoms with Gasteiger partial charge in [-0.3, -0.25) is 0 Å². The molecule has 144 valence electrons. The second kappa shape index (κ2) is 8.91. The van der Waals surface area contributed by atoms with Crippen LogP contribution in [0.2, 0.25) is 0 Å². The Morgan fingerprint density at radius 3 is 1.53 bits per heavy atom. The molecule has 0 saturated heterocycles. The largest absolute Gasteiger partial charge is 0.497 e. The third kappa shape index (κ3) is 4.64. The van der Waals surface area contributed by atoms with E-state index >= 15 is 0 Å². The molecule has 0 aliphatic carbocycles. The smallest absolute Gasteiger partial charge is 0.120 e. The van der Waals surface area contributed by atoms with Gasteiger partial charge in [0.05, 0.1) is 14.2 Å². The third-order valence-corrected chi connectivity index (χ3v) is 4.70. The molecule has 4 aromatic rings.